The van der Waals surface area contributed by atoms with Gasteiger partial charge in [-0.2, -0.15) is 0 Å². The van der Waals surface area contributed by atoms with E-state index in [2.05, 4.69) is 15.5 Å². The number of nitrogens with zero attached hydrogens (tertiary/aromatic N) is 3. The molecule has 3 heterocycles. The highest BCUT2D eigenvalue weighted by atomic mass is 32.2. The zero-order valence-electron chi connectivity index (χ0n) is 16.6. The van der Waals surface area contributed by atoms with Crippen LogP contribution < -0.4 is 5.32 Å². The predicted octanol–water partition coefficient (Wildman–Crippen LogP) is 4.29. The molecule has 0 spiro atoms. The van der Waals surface area contributed by atoms with Crippen molar-refractivity contribution in [3.05, 3.63) is 52.5 Å². The zero-order valence-corrected chi connectivity index (χ0v) is 18.2. The number of carbonyl (C=O) groups excluding carboxylic acids is 1. The summed E-state index contributed by atoms with van der Waals surface area (Å²) in [6.45, 7) is 3.33. The first kappa shape index (κ1) is 21.0. The molecule has 0 aliphatic carbocycles. The fourth-order valence-electron chi connectivity index (χ4n) is 3.39. The van der Waals surface area contributed by atoms with Crippen molar-refractivity contribution >= 4 is 29.0 Å². The fourth-order valence-corrected chi connectivity index (χ4v) is 4.88. The number of hydrogen-bond acceptors (Lipinski definition) is 6. The second-order valence-corrected chi connectivity index (χ2v) is 9.07. The van der Waals surface area contributed by atoms with Crippen molar-refractivity contribution < 1.29 is 13.9 Å². The summed E-state index contributed by atoms with van der Waals surface area (Å²) < 4.78 is 21.1. The molecule has 0 radical (unpaired) electrons. The second kappa shape index (κ2) is 9.72. The molecule has 30 heavy (non-hydrogen) atoms. The van der Waals surface area contributed by atoms with Crippen LogP contribution in [0.3, 0.4) is 0 Å². The van der Waals surface area contributed by atoms with E-state index in [1.165, 1.54) is 23.9 Å². The van der Waals surface area contributed by atoms with Gasteiger partial charge in [-0.15, -0.1) is 21.5 Å². The molecule has 1 aliphatic rings. The first-order valence-corrected chi connectivity index (χ1v) is 11.7. The number of hydrogen-bond donors (Lipinski definition) is 1. The van der Waals surface area contributed by atoms with Crippen molar-refractivity contribution in [2.75, 3.05) is 12.4 Å². The van der Waals surface area contributed by atoms with Gasteiger partial charge < -0.3 is 10.1 Å². The van der Waals surface area contributed by atoms with Crippen LogP contribution in [-0.4, -0.2) is 39.1 Å². The van der Waals surface area contributed by atoms with Crippen molar-refractivity contribution in [2.45, 2.75) is 43.6 Å². The van der Waals surface area contributed by atoms with E-state index in [0.29, 0.717) is 17.5 Å². The summed E-state index contributed by atoms with van der Waals surface area (Å²) in [5.74, 6) is 0.536. The van der Waals surface area contributed by atoms with E-state index < -0.39 is 0 Å². The molecule has 2 atom stereocenters. The van der Waals surface area contributed by atoms with Crippen molar-refractivity contribution in [1.29, 1.82) is 0 Å². The average Bonchev–Trinajstić information content (AvgIpc) is 3.50. The topological polar surface area (TPSA) is 69.0 Å². The lowest BCUT2D eigenvalue weighted by molar-refractivity contribution is -0.119. The number of ether oxygens (including phenoxy) is 1. The molecule has 1 amide bonds. The summed E-state index contributed by atoms with van der Waals surface area (Å²) in [6.07, 6.45) is 2.10. The highest BCUT2D eigenvalue weighted by Gasteiger charge is 2.22. The van der Waals surface area contributed by atoms with Crippen molar-refractivity contribution in [2.24, 2.45) is 0 Å². The maximum atomic E-state index is 13.3. The lowest BCUT2D eigenvalue weighted by atomic mass is 10.2. The molecule has 0 unspecified atom stereocenters. The lowest BCUT2D eigenvalue weighted by Crippen LogP contribution is -2.28. The Kier molecular flexibility index (Phi) is 6.81. The number of thiophene rings is 1. The molecule has 3 aromatic rings. The summed E-state index contributed by atoms with van der Waals surface area (Å²) in [5, 5.41) is 14.3. The summed E-state index contributed by atoms with van der Waals surface area (Å²) in [5.41, 5.74) is 0.782. The van der Waals surface area contributed by atoms with Gasteiger partial charge in [0, 0.05) is 17.0 Å². The van der Waals surface area contributed by atoms with Crippen LogP contribution >= 0.6 is 23.1 Å². The minimum absolute atomic E-state index is 0.0300. The summed E-state index contributed by atoms with van der Waals surface area (Å²) in [7, 11) is 0. The minimum atomic E-state index is -0.296. The van der Waals surface area contributed by atoms with Crippen LogP contribution in [0.5, 0.6) is 0 Å². The van der Waals surface area contributed by atoms with Crippen LogP contribution in [0.1, 0.15) is 30.7 Å². The van der Waals surface area contributed by atoms with Crippen molar-refractivity contribution in [3.8, 4) is 11.4 Å². The molecule has 6 nitrogen and oxygen atoms in total. The highest BCUT2D eigenvalue weighted by molar-refractivity contribution is 7.99. The monoisotopic (exact) mass is 446 g/mol. The van der Waals surface area contributed by atoms with E-state index in [-0.39, 0.29) is 29.6 Å². The van der Waals surface area contributed by atoms with Crippen LogP contribution in [0, 0.1) is 5.82 Å². The van der Waals surface area contributed by atoms with Gasteiger partial charge in [0.25, 0.3) is 0 Å². The van der Waals surface area contributed by atoms with E-state index in [4.69, 9.17) is 4.74 Å². The first-order valence-electron chi connectivity index (χ1n) is 9.86. The summed E-state index contributed by atoms with van der Waals surface area (Å²) in [6, 6.07) is 10.2. The number of aromatic nitrogens is 3. The van der Waals surface area contributed by atoms with Gasteiger partial charge in [-0.3, -0.25) is 9.36 Å². The maximum absolute atomic E-state index is 13.3. The number of amides is 1. The number of halogens is 1. The molecule has 158 valence electrons. The van der Waals surface area contributed by atoms with Gasteiger partial charge in [-0.05, 0) is 55.5 Å². The van der Waals surface area contributed by atoms with Crippen LogP contribution in [-0.2, 0) is 16.1 Å². The van der Waals surface area contributed by atoms with Crippen molar-refractivity contribution in [1.82, 2.24) is 20.1 Å². The number of thioether (sulfide) groups is 1. The molecular weight excluding hydrogens is 423 g/mol. The number of carbonyl (C=O) groups is 1. The van der Waals surface area contributed by atoms with Crippen LogP contribution in [0.25, 0.3) is 11.4 Å². The van der Waals surface area contributed by atoms with Gasteiger partial charge in [0.1, 0.15) is 5.82 Å². The molecule has 1 aliphatic heterocycles. The summed E-state index contributed by atoms with van der Waals surface area (Å²) >= 11 is 2.97. The van der Waals surface area contributed by atoms with Gasteiger partial charge in [0.15, 0.2) is 11.0 Å². The molecule has 0 saturated carbocycles. The number of rotatable bonds is 8. The quantitative estimate of drug-likeness (QED) is 0.523. The van der Waals surface area contributed by atoms with E-state index in [1.807, 2.05) is 29.0 Å². The number of nitrogens with one attached hydrogen (secondary N) is 1. The molecule has 1 N–H and O–H groups in total. The van der Waals surface area contributed by atoms with Gasteiger partial charge in [-0.1, -0.05) is 17.8 Å². The molecule has 2 aromatic heterocycles. The molecule has 1 fully saturated rings. The normalized spacial score (nSPS) is 17.2. The van der Waals surface area contributed by atoms with E-state index >= 15 is 0 Å². The first-order chi connectivity index (χ1) is 14.6. The zero-order chi connectivity index (χ0) is 20.9. The van der Waals surface area contributed by atoms with E-state index in [0.717, 1.165) is 29.9 Å². The molecule has 9 heteroatoms. The maximum Gasteiger partial charge on any atom is 0.230 e. The smallest absolute Gasteiger partial charge is 0.230 e. The SMILES string of the molecule is C[C@@H](NC(=O)CSc1nnc(-c2ccc(F)cc2)n1C[C@@H]1CCCO1)c1cccs1. The van der Waals surface area contributed by atoms with Gasteiger partial charge in [0.05, 0.1) is 24.4 Å². The van der Waals surface area contributed by atoms with Gasteiger partial charge in [0.2, 0.25) is 5.91 Å². The van der Waals surface area contributed by atoms with Crippen LogP contribution in [0.15, 0.2) is 46.9 Å². The third-order valence-corrected chi connectivity index (χ3v) is 6.93. The van der Waals surface area contributed by atoms with Gasteiger partial charge in [-0.25, -0.2) is 4.39 Å². The Morgan fingerprint density at radius 2 is 2.20 bits per heavy atom. The highest BCUT2D eigenvalue weighted by Crippen LogP contribution is 2.27. The molecule has 1 aromatic carbocycles. The van der Waals surface area contributed by atoms with Gasteiger partial charge >= 0.3 is 0 Å². The summed E-state index contributed by atoms with van der Waals surface area (Å²) in [4.78, 5) is 13.6. The second-order valence-electron chi connectivity index (χ2n) is 7.15. The van der Waals surface area contributed by atoms with Crippen molar-refractivity contribution in [3.63, 3.8) is 0 Å². The largest absolute Gasteiger partial charge is 0.376 e. The Morgan fingerprint density at radius 1 is 1.37 bits per heavy atom. The third kappa shape index (κ3) is 5.08. The standard InChI is InChI=1S/C21H23FN4O2S2/c1-14(18-5-3-11-29-18)23-19(27)13-30-21-25-24-20(15-6-8-16(22)9-7-15)26(21)12-17-4-2-10-28-17/h3,5-9,11,14,17H,2,4,10,12-13H2,1H3,(H,23,27)/t14-,17+/m1/s1. The average molecular weight is 447 g/mol. The Bertz CT molecular complexity index is 970. The Balaban J connectivity index is 1.47. The van der Waals surface area contributed by atoms with Crippen LogP contribution in [0.2, 0.25) is 0 Å². The molecular formula is C21H23FN4O2S2. The Morgan fingerprint density at radius 3 is 2.90 bits per heavy atom. The minimum Gasteiger partial charge on any atom is -0.376 e. The fraction of sp³-hybridized carbons (Fsp3) is 0.381. The number of benzene rings is 1. The van der Waals surface area contributed by atoms with E-state index in [9.17, 15) is 9.18 Å². The van der Waals surface area contributed by atoms with E-state index in [1.54, 1.807) is 23.5 Å². The molecule has 4 rings (SSSR count). The lowest BCUT2D eigenvalue weighted by Gasteiger charge is -2.15. The predicted molar refractivity (Wildman–Crippen MR) is 116 cm³/mol. The molecule has 1 saturated heterocycles. The Hall–Kier alpha value is -2.23. The third-order valence-electron chi connectivity index (χ3n) is 4.91. The van der Waals surface area contributed by atoms with Crippen LogP contribution in [0.4, 0.5) is 4.39 Å². The Labute approximate surface area is 182 Å². The molecule has 0 bridgehead atoms.